The van der Waals surface area contributed by atoms with Gasteiger partial charge in [0.25, 0.3) is 5.91 Å². The molecule has 2 atom stereocenters. The lowest BCUT2D eigenvalue weighted by Crippen LogP contribution is -2.41. The van der Waals surface area contributed by atoms with Crippen molar-refractivity contribution in [3.05, 3.63) is 17.5 Å². The zero-order chi connectivity index (χ0) is 16.7. The maximum atomic E-state index is 12.7. The van der Waals surface area contributed by atoms with Crippen LogP contribution >= 0.6 is 0 Å². The predicted octanol–water partition coefficient (Wildman–Crippen LogP) is 1.77. The number of nitrogens with zero attached hydrogens (tertiary/aromatic N) is 2. The summed E-state index contributed by atoms with van der Waals surface area (Å²) in [5, 5.41) is 16.1. The number of aliphatic carboxylic acids is 1. The molecule has 2 aliphatic heterocycles. The van der Waals surface area contributed by atoms with Crippen molar-refractivity contribution in [3.63, 3.8) is 0 Å². The Bertz CT molecular complexity index is 632. The number of aromatic nitrogens is 2. The Kier molecular flexibility index (Phi) is 4.04. The Morgan fingerprint density at radius 3 is 2.54 bits per heavy atom. The number of hydrogen-bond donors (Lipinski definition) is 2. The summed E-state index contributed by atoms with van der Waals surface area (Å²) < 4.78 is 5.67. The molecule has 1 aromatic rings. The van der Waals surface area contributed by atoms with Gasteiger partial charge in [-0.1, -0.05) is 0 Å². The van der Waals surface area contributed by atoms with E-state index >= 15 is 0 Å². The number of carboxylic acid groups (broad SMARTS) is 1. The Hall–Kier alpha value is -1.89. The Morgan fingerprint density at radius 2 is 1.92 bits per heavy atom. The zero-order valence-corrected chi connectivity index (χ0v) is 13.6. The number of nitrogens with one attached hydrogen (secondary N) is 1. The second-order valence-corrected chi connectivity index (χ2v) is 7.18. The molecule has 2 saturated heterocycles. The van der Waals surface area contributed by atoms with Crippen molar-refractivity contribution in [2.75, 3.05) is 13.1 Å². The molecular weight excluding hydrogens is 310 g/mol. The summed E-state index contributed by atoms with van der Waals surface area (Å²) in [6.45, 7) is 1.41. The van der Waals surface area contributed by atoms with Gasteiger partial charge in [0.1, 0.15) is 0 Å². The van der Waals surface area contributed by atoms with E-state index in [1.54, 1.807) is 6.20 Å². The molecule has 1 aliphatic carbocycles. The molecule has 7 heteroatoms. The number of carboxylic acids is 1. The summed E-state index contributed by atoms with van der Waals surface area (Å²) in [6, 6.07) is 0. The number of hydrogen-bond acceptors (Lipinski definition) is 4. The lowest BCUT2D eigenvalue weighted by molar-refractivity contribution is -0.150. The quantitative estimate of drug-likeness (QED) is 0.875. The van der Waals surface area contributed by atoms with Gasteiger partial charge in [-0.05, 0) is 44.4 Å². The van der Waals surface area contributed by atoms with Gasteiger partial charge in [-0.25, -0.2) is 4.79 Å². The summed E-state index contributed by atoms with van der Waals surface area (Å²) in [6.07, 6.45) is 6.45. The average Bonchev–Trinajstić information content (AvgIpc) is 3.13. The molecule has 0 unspecified atom stereocenters. The van der Waals surface area contributed by atoms with Gasteiger partial charge >= 0.3 is 5.97 Å². The highest BCUT2D eigenvalue weighted by atomic mass is 16.5. The second kappa shape index (κ2) is 6.20. The summed E-state index contributed by atoms with van der Waals surface area (Å²) in [4.78, 5) is 25.6. The van der Waals surface area contributed by atoms with Gasteiger partial charge in [-0.2, -0.15) is 5.10 Å². The van der Waals surface area contributed by atoms with Crippen LogP contribution in [0.2, 0.25) is 0 Å². The number of amides is 1. The molecule has 2 N–H and O–H groups in total. The summed E-state index contributed by atoms with van der Waals surface area (Å²) >= 11 is 0. The molecule has 130 valence electrons. The third-order valence-electron chi connectivity index (χ3n) is 5.57. The van der Waals surface area contributed by atoms with Crippen molar-refractivity contribution in [3.8, 4) is 0 Å². The van der Waals surface area contributed by atoms with Crippen molar-refractivity contribution in [2.24, 2.45) is 5.92 Å². The lowest BCUT2D eigenvalue weighted by Gasteiger charge is -2.34. The molecular formula is C17H23N3O4. The first-order valence-electron chi connectivity index (χ1n) is 8.84. The van der Waals surface area contributed by atoms with E-state index < -0.39 is 12.1 Å². The summed E-state index contributed by atoms with van der Waals surface area (Å²) in [5.74, 6) is 0.0343. The number of likely N-dealkylation sites (tertiary alicyclic amines) is 1. The van der Waals surface area contributed by atoms with Crippen molar-refractivity contribution in [2.45, 2.75) is 56.7 Å². The third-order valence-corrected chi connectivity index (χ3v) is 5.57. The van der Waals surface area contributed by atoms with Crippen molar-refractivity contribution < 1.29 is 19.4 Å². The van der Waals surface area contributed by atoms with Crippen LogP contribution in [0, 0.1) is 5.92 Å². The molecule has 0 aromatic carbocycles. The fraction of sp³-hybridized carbons (Fsp3) is 0.706. The van der Waals surface area contributed by atoms with E-state index in [9.17, 15) is 9.59 Å². The predicted molar refractivity (Wildman–Crippen MR) is 84.7 cm³/mol. The van der Waals surface area contributed by atoms with Gasteiger partial charge in [0.2, 0.25) is 0 Å². The molecule has 7 nitrogen and oxygen atoms in total. The van der Waals surface area contributed by atoms with Gasteiger partial charge in [-0.3, -0.25) is 9.89 Å². The summed E-state index contributed by atoms with van der Waals surface area (Å²) in [5.41, 5.74) is 1.71. The van der Waals surface area contributed by atoms with Crippen LogP contribution in [0.5, 0.6) is 0 Å². The van der Waals surface area contributed by atoms with Gasteiger partial charge in [-0.15, -0.1) is 0 Å². The fourth-order valence-electron chi connectivity index (χ4n) is 3.99. The minimum absolute atomic E-state index is 0.0271. The second-order valence-electron chi connectivity index (χ2n) is 7.18. The minimum atomic E-state index is -0.863. The smallest absolute Gasteiger partial charge is 0.332 e. The molecule has 3 heterocycles. The average molecular weight is 333 g/mol. The first kappa shape index (κ1) is 15.6. The molecule has 24 heavy (non-hydrogen) atoms. The number of carbonyl (C=O) groups excluding carboxylic acids is 1. The zero-order valence-electron chi connectivity index (χ0n) is 13.6. The number of ether oxygens (including phenoxy) is 1. The maximum Gasteiger partial charge on any atom is 0.332 e. The van der Waals surface area contributed by atoms with E-state index in [2.05, 4.69) is 10.2 Å². The van der Waals surface area contributed by atoms with Crippen molar-refractivity contribution in [1.29, 1.82) is 0 Å². The maximum absolute atomic E-state index is 12.7. The van der Waals surface area contributed by atoms with Crippen LogP contribution in [0.4, 0.5) is 0 Å². The Balaban J connectivity index is 1.34. The normalized spacial score (nSPS) is 28.2. The van der Waals surface area contributed by atoms with Crippen molar-refractivity contribution >= 4 is 11.9 Å². The number of piperidine rings is 1. The third kappa shape index (κ3) is 2.92. The van der Waals surface area contributed by atoms with E-state index in [0.29, 0.717) is 31.3 Å². The molecule has 3 aliphatic rings. The Labute approximate surface area is 140 Å². The van der Waals surface area contributed by atoms with Crippen molar-refractivity contribution in [1.82, 2.24) is 15.1 Å². The van der Waals surface area contributed by atoms with Crippen LogP contribution < -0.4 is 0 Å². The van der Waals surface area contributed by atoms with Gasteiger partial charge in [0, 0.05) is 19.0 Å². The molecule has 1 aromatic heterocycles. The van der Waals surface area contributed by atoms with E-state index in [0.717, 1.165) is 43.4 Å². The number of aromatic amines is 1. The van der Waals surface area contributed by atoms with Gasteiger partial charge in [0.15, 0.2) is 6.10 Å². The standard InChI is InChI=1S/C17H23N3O4/c21-16(12-9-18-19-15(12)11-1-2-11)20-7-5-10(6-8-20)13-3-4-14(24-13)17(22)23/h9-11,13-14H,1-8H2,(H,18,19)(H,22,23)/t13-,14+/m0/s1. The molecule has 0 radical (unpaired) electrons. The number of H-pyrrole nitrogens is 1. The first-order chi connectivity index (χ1) is 11.6. The van der Waals surface area contributed by atoms with Crippen LogP contribution in [0.25, 0.3) is 0 Å². The first-order valence-corrected chi connectivity index (χ1v) is 8.84. The number of rotatable bonds is 4. The van der Waals surface area contributed by atoms with Crippen LogP contribution in [0.1, 0.15) is 60.5 Å². The molecule has 0 bridgehead atoms. The largest absolute Gasteiger partial charge is 0.479 e. The molecule has 4 rings (SSSR count). The molecule has 1 saturated carbocycles. The highest BCUT2D eigenvalue weighted by Gasteiger charge is 2.38. The van der Waals surface area contributed by atoms with Crippen LogP contribution in [-0.2, 0) is 9.53 Å². The lowest BCUT2D eigenvalue weighted by atomic mass is 9.89. The summed E-state index contributed by atoms with van der Waals surface area (Å²) in [7, 11) is 0. The van der Waals surface area contributed by atoms with Gasteiger partial charge < -0.3 is 14.7 Å². The highest BCUT2D eigenvalue weighted by Crippen LogP contribution is 2.41. The molecule has 3 fully saturated rings. The van der Waals surface area contributed by atoms with Gasteiger partial charge in [0.05, 0.1) is 23.6 Å². The Morgan fingerprint density at radius 1 is 1.17 bits per heavy atom. The number of carbonyl (C=O) groups is 2. The topological polar surface area (TPSA) is 95.5 Å². The fourth-order valence-corrected chi connectivity index (χ4v) is 3.99. The highest BCUT2D eigenvalue weighted by molar-refractivity contribution is 5.95. The monoisotopic (exact) mass is 333 g/mol. The van der Waals surface area contributed by atoms with E-state index in [4.69, 9.17) is 9.84 Å². The minimum Gasteiger partial charge on any atom is -0.479 e. The SMILES string of the molecule is O=C(O)[C@H]1CC[C@@H](C2CCN(C(=O)c3cn[nH]c3C3CC3)CC2)O1. The molecule has 1 amide bonds. The van der Waals surface area contributed by atoms with Crippen LogP contribution in [-0.4, -0.2) is 57.4 Å². The molecule has 0 spiro atoms. The van der Waals surface area contributed by atoms with Crippen LogP contribution in [0.3, 0.4) is 0 Å². The van der Waals surface area contributed by atoms with Crippen LogP contribution in [0.15, 0.2) is 6.20 Å². The van der Waals surface area contributed by atoms with E-state index in [-0.39, 0.29) is 12.0 Å². The van der Waals surface area contributed by atoms with E-state index in [1.807, 2.05) is 4.90 Å². The van der Waals surface area contributed by atoms with E-state index in [1.165, 1.54) is 0 Å².